The van der Waals surface area contributed by atoms with E-state index in [0.29, 0.717) is 0 Å². The van der Waals surface area contributed by atoms with Gasteiger partial charge in [0.1, 0.15) is 5.65 Å². The van der Waals surface area contributed by atoms with Crippen molar-refractivity contribution in [1.82, 2.24) is 9.97 Å². The summed E-state index contributed by atoms with van der Waals surface area (Å²) in [4.78, 5) is 7.70. The number of halogens is 1. The summed E-state index contributed by atoms with van der Waals surface area (Å²) in [6.45, 7) is 0. The minimum absolute atomic E-state index is 1.03. The van der Waals surface area contributed by atoms with Crippen molar-refractivity contribution in [1.29, 1.82) is 0 Å². The van der Waals surface area contributed by atoms with Gasteiger partial charge in [-0.05, 0) is 46.8 Å². The van der Waals surface area contributed by atoms with Gasteiger partial charge in [-0.15, -0.1) is 0 Å². The molecule has 0 aliphatic heterocycles. The van der Waals surface area contributed by atoms with Crippen LogP contribution >= 0.6 is 15.9 Å². The molecule has 3 heteroatoms. The number of pyridine rings is 1. The standard InChI is InChI=1S/C10H9BrN2/c11-7-4-5-12-10-9(7)6-2-1-3-8(6)13-10/h4-5H,1-3H2,(H,12,13). The number of H-pyrrole nitrogens is 1. The Labute approximate surface area is 84.5 Å². The van der Waals surface area contributed by atoms with Crippen molar-refractivity contribution in [3.8, 4) is 0 Å². The first-order valence-electron chi connectivity index (χ1n) is 4.50. The third kappa shape index (κ3) is 0.967. The first kappa shape index (κ1) is 7.56. The molecule has 1 aliphatic carbocycles. The average Bonchev–Trinajstić information content (AvgIpc) is 2.62. The van der Waals surface area contributed by atoms with Gasteiger partial charge in [0.15, 0.2) is 0 Å². The smallest absolute Gasteiger partial charge is 0.138 e. The maximum Gasteiger partial charge on any atom is 0.138 e. The molecule has 2 aromatic rings. The fraction of sp³-hybridized carbons (Fsp3) is 0.300. The minimum atomic E-state index is 1.03. The summed E-state index contributed by atoms with van der Waals surface area (Å²) in [5.41, 5.74) is 3.88. The van der Waals surface area contributed by atoms with Crippen LogP contribution in [0.4, 0.5) is 0 Å². The van der Waals surface area contributed by atoms with E-state index in [1.54, 1.807) is 0 Å². The minimum Gasteiger partial charge on any atom is -0.343 e. The van der Waals surface area contributed by atoms with Crippen LogP contribution in [-0.4, -0.2) is 9.97 Å². The quantitative estimate of drug-likeness (QED) is 0.749. The van der Waals surface area contributed by atoms with Crippen LogP contribution in [0, 0.1) is 0 Å². The second-order valence-corrected chi connectivity index (χ2v) is 4.31. The molecule has 0 saturated heterocycles. The lowest BCUT2D eigenvalue weighted by Crippen LogP contribution is -1.80. The summed E-state index contributed by atoms with van der Waals surface area (Å²) in [5.74, 6) is 0. The predicted molar refractivity (Wildman–Crippen MR) is 55.8 cm³/mol. The topological polar surface area (TPSA) is 28.7 Å². The van der Waals surface area contributed by atoms with Crippen LogP contribution in [0.15, 0.2) is 16.7 Å². The second-order valence-electron chi connectivity index (χ2n) is 3.45. The van der Waals surface area contributed by atoms with Gasteiger partial charge in [0.05, 0.1) is 0 Å². The molecule has 2 nitrogen and oxygen atoms in total. The Morgan fingerprint density at radius 3 is 3.23 bits per heavy atom. The molecular weight excluding hydrogens is 228 g/mol. The predicted octanol–water partition coefficient (Wildman–Crippen LogP) is 2.81. The van der Waals surface area contributed by atoms with Crippen LogP contribution in [0.1, 0.15) is 17.7 Å². The number of aromatic nitrogens is 2. The number of fused-ring (bicyclic) bond motifs is 3. The normalized spacial score (nSPS) is 15.2. The Morgan fingerprint density at radius 1 is 1.38 bits per heavy atom. The van der Waals surface area contributed by atoms with E-state index in [0.717, 1.165) is 10.1 Å². The molecule has 0 saturated carbocycles. The summed E-state index contributed by atoms with van der Waals surface area (Å²) >= 11 is 3.57. The van der Waals surface area contributed by atoms with E-state index in [4.69, 9.17) is 0 Å². The fourth-order valence-corrected chi connectivity index (χ4v) is 2.67. The van der Waals surface area contributed by atoms with Crippen molar-refractivity contribution in [2.24, 2.45) is 0 Å². The van der Waals surface area contributed by atoms with E-state index >= 15 is 0 Å². The van der Waals surface area contributed by atoms with Crippen LogP contribution in [0.5, 0.6) is 0 Å². The summed E-state index contributed by atoms with van der Waals surface area (Å²) < 4.78 is 1.16. The van der Waals surface area contributed by atoms with Crippen molar-refractivity contribution in [3.63, 3.8) is 0 Å². The van der Waals surface area contributed by atoms with E-state index in [1.807, 2.05) is 12.3 Å². The average molecular weight is 237 g/mol. The van der Waals surface area contributed by atoms with Crippen molar-refractivity contribution >= 4 is 27.0 Å². The zero-order valence-corrected chi connectivity index (χ0v) is 8.69. The Balaban J connectivity index is 2.46. The molecule has 0 atom stereocenters. The van der Waals surface area contributed by atoms with E-state index in [-0.39, 0.29) is 0 Å². The number of nitrogens with zero attached hydrogens (tertiary/aromatic N) is 1. The van der Waals surface area contributed by atoms with E-state index in [9.17, 15) is 0 Å². The molecule has 1 N–H and O–H groups in total. The maximum atomic E-state index is 4.32. The SMILES string of the molecule is Brc1ccnc2[nH]c3c(c12)CCC3. The highest BCUT2D eigenvalue weighted by Gasteiger charge is 2.18. The number of rotatable bonds is 0. The van der Waals surface area contributed by atoms with Crippen molar-refractivity contribution in [2.75, 3.05) is 0 Å². The zero-order chi connectivity index (χ0) is 8.84. The highest BCUT2D eigenvalue weighted by atomic mass is 79.9. The van der Waals surface area contributed by atoms with E-state index in [2.05, 4.69) is 25.9 Å². The Bertz CT molecular complexity index is 473. The second kappa shape index (κ2) is 2.58. The molecule has 13 heavy (non-hydrogen) atoms. The van der Waals surface area contributed by atoms with Crippen LogP contribution in [0.3, 0.4) is 0 Å². The highest BCUT2D eigenvalue weighted by Crippen LogP contribution is 2.33. The molecule has 0 fully saturated rings. The first-order chi connectivity index (χ1) is 6.36. The summed E-state index contributed by atoms with van der Waals surface area (Å²) in [6, 6.07) is 2.01. The molecule has 2 aromatic heterocycles. The number of aryl methyl sites for hydroxylation is 2. The van der Waals surface area contributed by atoms with Crippen LogP contribution < -0.4 is 0 Å². The van der Waals surface area contributed by atoms with Crippen LogP contribution in [-0.2, 0) is 12.8 Å². The van der Waals surface area contributed by atoms with Gasteiger partial charge in [0.25, 0.3) is 0 Å². The molecule has 1 aliphatic rings. The van der Waals surface area contributed by atoms with Gasteiger partial charge in [-0.2, -0.15) is 0 Å². The highest BCUT2D eigenvalue weighted by molar-refractivity contribution is 9.10. The van der Waals surface area contributed by atoms with Gasteiger partial charge in [0.2, 0.25) is 0 Å². The van der Waals surface area contributed by atoms with Gasteiger partial charge in [-0.3, -0.25) is 0 Å². The van der Waals surface area contributed by atoms with Crippen LogP contribution in [0.25, 0.3) is 11.0 Å². The Hall–Kier alpha value is -0.830. The number of hydrogen-bond acceptors (Lipinski definition) is 1. The summed E-state index contributed by atoms with van der Waals surface area (Å²) in [6.07, 6.45) is 5.48. The van der Waals surface area contributed by atoms with E-state index in [1.165, 1.54) is 35.9 Å². The van der Waals surface area contributed by atoms with Gasteiger partial charge in [-0.25, -0.2) is 4.98 Å². The zero-order valence-electron chi connectivity index (χ0n) is 7.10. The maximum absolute atomic E-state index is 4.32. The molecule has 0 unspecified atom stereocenters. The van der Waals surface area contributed by atoms with E-state index < -0.39 is 0 Å². The largest absolute Gasteiger partial charge is 0.343 e. The van der Waals surface area contributed by atoms with Gasteiger partial charge in [-0.1, -0.05) is 0 Å². The third-order valence-corrected chi connectivity index (χ3v) is 3.35. The third-order valence-electron chi connectivity index (χ3n) is 2.69. The lowest BCUT2D eigenvalue weighted by atomic mass is 10.2. The summed E-state index contributed by atoms with van der Waals surface area (Å²) in [5, 5.41) is 1.29. The molecule has 0 radical (unpaired) electrons. The van der Waals surface area contributed by atoms with Crippen molar-refractivity contribution in [2.45, 2.75) is 19.3 Å². The number of nitrogens with one attached hydrogen (secondary N) is 1. The monoisotopic (exact) mass is 236 g/mol. The number of hydrogen-bond donors (Lipinski definition) is 1. The molecule has 0 bridgehead atoms. The summed E-state index contributed by atoms with van der Waals surface area (Å²) in [7, 11) is 0. The lowest BCUT2D eigenvalue weighted by molar-refractivity contribution is 0.897. The molecule has 0 aromatic carbocycles. The molecule has 3 rings (SSSR count). The first-order valence-corrected chi connectivity index (χ1v) is 5.29. The van der Waals surface area contributed by atoms with Gasteiger partial charge >= 0.3 is 0 Å². The number of aromatic amines is 1. The molecule has 0 amide bonds. The van der Waals surface area contributed by atoms with Crippen molar-refractivity contribution in [3.05, 3.63) is 28.0 Å². The van der Waals surface area contributed by atoms with Crippen LogP contribution in [0.2, 0.25) is 0 Å². The Morgan fingerprint density at radius 2 is 2.31 bits per heavy atom. The van der Waals surface area contributed by atoms with Gasteiger partial charge < -0.3 is 4.98 Å². The molecule has 2 heterocycles. The van der Waals surface area contributed by atoms with Gasteiger partial charge in [0, 0.05) is 21.7 Å². The molecule has 0 spiro atoms. The molecule has 66 valence electrons. The van der Waals surface area contributed by atoms with Crippen molar-refractivity contribution < 1.29 is 0 Å². The Kier molecular flexibility index (Phi) is 1.50. The fourth-order valence-electron chi connectivity index (χ4n) is 2.12. The lowest BCUT2D eigenvalue weighted by Gasteiger charge is -1.95. The molecular formula is C10H9BrN2.